The summed E-state index contributed by atoms with van der Waals surface area (Å²) in [7, 11) is -3.65. The summed E-state index contributed by atoms with van der Waals surface area (Å²) in [5.74, 6) is 0.255. The highest BCUT2D eigenvalue weighted by molar-refractivity contribution is 7.89. The molecule has 0 spiro atoms. The number of hydrogen-bond donors (Lipinski definition) is 1. The van der Waals surface area contributed by atoms with Crippen LogP contribution in [0.3, 0.4) is 0 Å². The lowest BCUT2D eigenvalue weighted by atomic mass is 9.98. The first-order chi connectivity index (χ1) is 14.3. The molecule has 2 aromatic rings. The molecule has 1 saturated heterocycles. The molecular weight excluding hydrogens is 424 g/mol. The minimum atomic E-state index is -3.65. The van der Waals surface area contributed by atoms with Gasteiger partial charge in [-0.05, 0) is 62.6 Å². The molecule has 0 saturated carbocycles. The Kier molecular flexibility index (Phi) is 7.39. The van der Waals surface area contributed by atoms with Gasteiger partial charge >= 0.3 is 0 Å². The van der Waals surface area contributed by atoms with Crippen molar-refractivity contribution in [3.05, 3.63) is 59.1 Å². The number of piperidine rings is 1. The lowest BCUT2D eigenvalue weighted by Gasteiger charge is -2.31. The molecule has 0 radical (unpaired) electrons. The second-order valence-electron chi connectivity index (χ2n) is 7.64. The van der Waals surface area contributed by atoms with Crippen LogP contribution in [0.25, 0.3) is 0 Å². The molecule has 6 nitrogen and oxygen atoms in total. The van der Waals surface area contributed by atoms with Gasteiger partial charge in [-0.1, -0.05) is 29.8 Å². The fraction of sp³-hybridized carbons (Fsp3) is 0.409. The summed E-state index contributed by atoms with van der Waals surface area (Å²) >= 11 is 5.86. The van der Waals surface area contributed by atoms with E-state index < -0.39 is 10.0 Å². The normalized spacial score (nSPS) is 18.6. The number of ether oxygens (including phenoxy) is 1. The molecule has 8 heteroatoms. The number of para-hydroxylation sites is 1. The molecule has 162 valence electrons. The van der Waals surface area contributed by atoms with Crippen LogP contribution in [0, 0.1) is 12.8 Å². The van der Waals surface area contributed by atoms with Gasteiger partial charge < -0.3 is 10.1 Å². The molecule has 2 aromatic carbocycles. The number of amides is 1. The molecule has 30 heavy (non-hydrogen) atoms. The minimum absolute atomic E-state index is 0.146. The zero-order chi connectivity index (χ0) is 21.7. The molecule has 1 aliphatic rings. The summed E-state index contributed by atoms with van der Waals surface area (Å²) in [5.41, 5.74) is 1.03. The van der Waals surface area contributed by atoms with Gasteiger partial charge in [-0.25, -0.2) is 8.42 Å². The Morgan fingerprint density at radius 3 is 2.63 bits per heavy atom. The molecule has 0 bridgehead atoms. The first kappa shape index (κ1) is 22.6. The van der Waals surface area contributed by atoms with Gasteiger partial charge in [-0.3, -0.25) is 4.79 Å². The largest absolute Gasteiger partial charge is 0.491 e. The van der Waals surface area contributed by atoms with Gasteiger partial charge in [0.1, 0.15) is 12.4 Å². The van der Waals surface area contributed by atoms with Crippen LogP contribution >= 0.6 is 11.6 Å². The van der Waals surface area contributed by atoms with Crippen molar-refractivity contribution in [2.24, 2.45) is 5.92 Å². The molecule has 0 aliphatic carbocycles. The standard InChI is InChI=1S/C22H27ClN2O4S/c1-16-6-3-4-8-21(16)29-15-17(2)24-22(26)18-7-5-13-25(14-18)30(27,28)20-11-9-19(23)10-12-20/h3-4,6,8-12,17-18H,5,7,13-15H2,1-2H3,(H,24,26)/t17-,18+/m0/s1. The number of nitrogens with zero attached hydrogens (tertiary/aromatic N) is 1. The number of carbonyl (C=O) groups excluding carboxylic acids is 1. The van der Waals surface area contributed by atoms with Crippen LogP contribution in [0.1, 0.15) is 25.3 Å². The molecule has 0 aromatic heterocycles. The van der Waals surface area contributed by atoms with Crippen molar-refractivity contribution in [3.63, 3.8) is 0 Å². The second-order valence-corrected chi connectivity index (χ2v) is 10.0. The summed E-state index contributed by atoms with van der Waals surface area (Å²) in [6, 6.07) is 13.6. The zero-order valence-electron chi connectivity index (χ0n) is 17.2. The first-order valence-electron chi connectivity index (χ1n) is 10.0. The van der Waals surface area contributed by atoms with Crippen molar-refractivity contribution < 1.29 is 17.9 Å². The van der Waals surface area contributed by atoms with Gasteiger partial charge in [0.05, 0.1) is 16.9 Å². The van der Waals surface area contributed by atoms with Crippen molar-refractivity contribution in [2.45, 2.75) is 37.6 Å². The van der Waals surface area contributed by atoms with Crippen molar-refractivity contribution in [2.75, 3.05) is 19.7 Å². The maximum absolute atomic E-state index is 12.9. The van der Waals surface area contributed by atoms with E-state index in [0.717, 1.165) is 11.3 Å². The Hall–Kier alpha value is -2.09. The van der Waals surface area contributed by atoms with E-state index >= 15 is 0 Å². The quantitative estimate of drug-likeness (QED) is 0.698. The third-order valence-electron chi connectivity index (χ3n) is 5.18. The van der Waals surface area contributed by atoms with Gasteiger partial charge in [-0.15, -0.1) is 0 Å². The van der Waals surface area contributed by atoms with Crippen molar-refractivity contribution in [1.82, 2.24) is 9.62 Å². The van der Waals surface area contributed by atoms with E-state index in [1.165, 1.54) is 16.4 Å². The Labute approximate surface area is 183 Å². The maximum atomic E-state index is 12.9. The summed E-state index contributed by atoms with van der Waals surface area (Å²) in [6.07, 6.45) is 1.29. The molecular formula is C22H27ClN2O4S. The van der Waals surface area contributed by atoms with Crippen LogP contribution in [0.5, 0.6) is 5.75 Å². The van der Waals surface area contributed by atoms with Crippen LogP contribution in [-0.2, 0) is 14.8 Å². The van der Waals surface area contributed by atoms with Crippen LogP contribution in [0.2, 0.25) is 5.02 Å². The minimum Gasteiger partial charge on any atom is -0.491 e. The number of nitrogens with one attached hydrogen (secondary N) is 1. The monoisotopic (exact) mass is 450 g/mol. The highest BCUT2D eigenvalue weighted by atomic mass is 35.5. The molecule has 1 heterocycles. The lowest BCUT2D eigenvalue weighted by Crippen LogP contribution is -2.48. The Morgan fingerprint density at radius 2 is 1.93 bits per heavy atom. The number of halogens is 1. The van der Waals surface area contributed by atoms with E-state index in [0.29, 0.717) is 31.0 Å². The molecule has 1 fully saturated rings. The zero-order valence-corrected chi connectivity index (χ0v) is 18.7. The van der Waals surface area contributed by atoms with Crippen LogP contribution in [0.4, 0.5) is 0 Å². The third-order valence-corrected chi connectivity index (χ3v) is 7.31. The second kappa shape index (κ2) is 9.81. The fourth-order valence-electron chi connectivity index (χ4n) is 3.47. The fourth-order valence-corrected chi connectivity index (χ4v) is 5.12. The van der Waals surface area contributed by atoms with E-state index in [2.05, 4.69) is 5.32 Å². The lowest BCUT2D eigenvalue weighted by molar-refractivity contribution is -0.126. The van der Waals surface area contributed by atoms with Crippen molar-refractivity contribution >= 4 is 27.5 Å². The van der Waals surface area contributed by atoms with Gasteiger partial charge in [0, 0.05) is 18.1 Å². The Balaban J connectivity index is 1.57. The van der Waals surface area contributed by atoms with Gasteiger partial charge in [0.25, 0.3) is 0 Å². The molecule has 0 unspecified atom stereocenters. The predicted octanol–water partition coefficient (Wildman–Crippen LogP) is 3.63. The number of hydrogen-bond acceptors (Lipinski definition) is 4. The summed E-state index contributed by atoms with van der Waals surface area (Å²) in [5, 5.41) is 3.43. The van der Waals surface area contributed by atoms with E-state index in [-0.39, 0.29) is 29.3 Å². The van der Waals surface area contributed by atoms with Gasteiger partial charge in [0.15, 0.2) is 0 Å². The number of benzene rings is 2. The van der Waals surface area contributed by atoms with Gasteiger partial charge in [0.2, 0.25) is 15.9 Å². The highest BCUT2D eigenvalue weighted by Gasteiger charge is 2.33. The molecule has 2 atom stereocenters. The topological polar surface area (TPSA) is 75.7 Å². The summed E-state index contributed by atoms with van der Waals surface area (Å²) in [6.45, 7) is 4.76. The first-order valence-corrected chi connectivity index (χ1v) is 11.8. The van der Waals surface area contributed by atoms with Crippen LogP contribution in [-0.4, -0.2) is 44.4 Å². The average Bonchev–Trinajstić information content (AvgIpc) is 2.73. The molecule has 1 aliphatic heterocycles. The van der Waals surface area contributed by atoms with E-state index in [4.69, 9.17) is 16.3 Å². The molecule has 1 amide bonds. The smallest absolute Gasteiger partial charge is 0.243 e. The predicted molar refractivity (Wildman–Crippen MR) is 117 cm³/mol. The van der Waals surface area contributed by atoms with Crippen molar-refractivity contribution in [3.8, 4) is 5.75 Å². The maximum Gasteiger partial charge on any atom is 0.243 e. The number of rotatable bonds is 7. The third kappa shape index (κ3) is 5.53. The van der Waals surface area contributed by atoms with Gasteiger partial charge in [-0.2, -0.15) is 4.31 Å². The number of carbonyl (C=O) groups is 1. The number of sulfonamides is 1. The van der Waals surface area contributed by atoms with Crippen molar-refractivity contribution in [1.29, 1.82) is 0 Å². The Morgan fingerprint density at radius 1 is 1.23 bits per heavy atom. The average molecular weight is 451 g/mol. The highest BCUT2D eigenvalue weighted by Crippen LogP contribution is 2.25. The van der Waals surface area contributed by atoms with E-state index in [1.54, 1.807) is 12.1 Å². The molecule has 3 rings (SSSR count). The molecule has 1 N–H and O–H groups in total. The van der Waals surface area contributed by atoms with E-state index in [1.807, 2.05) is 38.1 Å². The van der Waals surface area contributed by atoms with Crippen LogP contribution < -0.4 is 10.1 Å². The number of aryl methyl sites for hydroxylation is 1. The summed E-state index contributed by atoms with van der Waals surface area (Å²) in [4.78, 5) is 12.9. The SMILES string of the molecule is Cc1ccccc1OC[C@H](C)NC(=O)[C@@H]1CCCN(S(=O)(=O)c2ccc(Cl)cc2)C1. The van der Waals surface area contributed by atoms with E-state index in [9.17, 15) is 13.2 Å². The Bertz CT molecular complexity index is 979. The van der Waals surface area contributed by atoms with Crippen LogP contribution in [0.15, 0.2) is 53.4 Å². The summed E-state index contributed by atoms with van der Waals surface area (Å²) < 4.78 is 33.0.